The van der Waals surface area contributed by atoms with Crippen LogP contribution in [0.2, 0.25) is 0 Å². The molecule has 0 aliphatic carbocycles. The van der Waals surface area contributed by atoms with Crippen molar-refractivity contribution in [2.45, 2.75) is 6.92 Å². The van der Waals surface area contributed by atoms with Crippen LogP contribution in [0.4, 0.5) is 5.69 Å². The zero-order valence-electron chi connectivity index (χ0n) is 10.6. The van der Waals surface area contributed by atoms with Gasteiger partial charge in [-0.25, -0.2) is 4.79 Å². The molecule has 0 spiro atoms. The quantitative estimate of drug-likeness (QED) is 0.866. The summed E-state index contributed by atoms with van der Waals surface area (Å²) in [6.07, 6.45) is 0. The minimum Gasteiger partial charge on any atom is -0.450 e. The number of hydrogen-bond acceptors (Lipinski definition) is 5. The summed E-state index contributed by atoms with van der Waals surface area (Å²) in [7, 11) is 0. The number of benzene rings is 1. The topological polar surface area (TPSA) is 81.4 Å². The number of halogens is 1. The van der Waals surface area contributed by atoms with Gasteiger partial charge in [0.25, 0.3) is 5.91 Å². The van der Waals surface area contributed by atoms with Crippen LogP contribution in [0.15, 0.2) is 39.3 Å². The van der Waals surface area contributed by atoms with Gasteiger partial charge in [-0.3, -0.25) is 4.79 Å². The van der Waals surface area contributed by atoms with Crippen molar-refractivity contribution >= 4 is 33.5 Å². The maximum Gasteiger partial charge on any atom is 0.377 e. The minimum atomic E-state index is -0.729. The van der Waals surface area contributed by atoms with Crippen LogP contribution < -0.4 is 5.32 Å². The highest BCUT2D eigenvalue weighted by molar-refractivity contribution is 9.10. The monoisotopic (exact) mass is 338 g/mol. The Bertz CT molecular complexity index is 639. The third-order valence-electron chi connectivity index (χ3n) is 2.31. The molecule has 1 aromatic carbocycles. The lowest BCUT2D eigenvalue weighted by Crippen LogP contribution is -2.20. The van der Waals surface area contributed by atoms with Gasteiger partial charge in [0, 0.05) is 10.5 Å². The van der Waals surface area contributed by atoms with Crippen LogP contribution in [0.5, 0.6) is 0 Å². The molecule has 7 heteroatoms. The number of amides is 1. The first-order chi connectivity index (χ1) is 9.56. The number of anilines is 1. The number of ether oxygens (including phenoxy) is 1. The molecular formula is C13H11BrN2O4. The zero-order chi connectivity index (χ0) is 14.5. The summed E-state index contributed by atoms with van der Waals surface area (Å²) in [6.45, 7) is 1.28. The van der Waals surface area contributed by atoms with Crippen molar-refractivity contribution in [2.75, 3.05) is 11.9 Å². The van der Waals surface area contributed by atoms with Crippen molar-refractivity contribution in [3.05, 3.63) is 46.3 Å². The van der Waals surface area contributed by atoms with Gasteiger partial charge in [-0.1, -0.05) is 17.3 Å². The van der Waals surface area contributed by atoms with Gasteiger partial charge < -0.3 is 14.6 Å². The number of rotatable bonds is 4. The first-order valence-corrected chi connectivity index (χ1v) is 6.50. The van der Waals surface area contributed by atoms with E-state index in [1.54, 1.807) is 25.1 Å². The van der Waals surface area contributed by atoms with Crippen molar-refractivity contribution < 1.29 is 18.8 Å². The maximum absolute atomic E-state index is 11.7. The average molecular weight is 339 g/mol. The van der Waals surface area contributed by atoms with Crippen molar-refractivity contribution in [1.82, 2.24) is 5.16 Å². The predicted octanol–water partition coefficient (Wildman–Crippen LogP) is 2.54. The third kappa shape index (κ3) is 3.67. The number of hydrogen-bond donors (Lipinski definition) is 1. The molecule has 0 saturated carbocycles. The van der Waals surface area contributed by atoms with Gasteiger partial charge in [0.05, 0.1) is 11.4 Å². The predicted molar refractivity (Wildman–Crippen MR) is 74.3 cm³/mol. The normalized spacial score (nSPS) is 10.1. The number of para-hydroxylation sites is 1. The second kappa shape index (κ2) is 6.33. The van der Waals surface area contributed by atoms with E-state index in [1.807, 2.05) is 6.07 Å². The Morgan fingerprint density at radius 2 is 2.15 bits per heavy atom. The van der Waals surface area contributed by atoms with Gasteiger partial charge in [-0.2, -0.15) is 0 Å². The number of carbonyl (C=O) groups is 2. The lowest BCUT2D eigenvalue weighted by Gasteiger charge is -2.07. The van der Waals surface area contributed by atoms with Gasteiger partial charge in [0.2, 0.25) is 5.76 Å². The van der Waals surface area contributed by atoms with Crippen LogP contribution in [-0.2, 0) is 9.53 Å². The van der Waals surface area contributed by atoms with Crippen molar-refractivity contribution in [3.63, 3.8) is 0 Å². The fourth-order valence-electron chi connectivity index (χ4n) is 1.41. The molecule has 1 amide bonds. The summed E-state index contributed by atoms with van der Waals surface area (Å²) in [6, 6.07) is 8.56. The van der Waals surface area contributed by atoms with Crippen molar-refractivity contribution in [2.24, 2.45) is 0 Å². The molecule has 0 bridgehead atoms. The molecule has 1 heterocycles. The van der Waals surface area contributed by atoms with Crippen molar-refractivity contribution in [1.29, 1.82) is 0 Å². The number of nitrogens with one attached hydrogen (secondary N) is 1. The average Bonchev–Trinajstić information content (AvgIpc) is 2.85. The van der Waals surface area contributed by atoms with E-state index < -0.39 is 18.5 Å². The summed E-state index contributed by atoms with van der Waals surface area (Å²) in [5, 5.41) is 6.17. The molecule has 0 fully saturated rings. The molecule has 2 rings (SSSR count). The highest BCUT2D eigenvalue weighted by Crippen LogP contribution is 2.20. The van der Waals surface area contributed by atoms with E-state index >= 15 is 0 Å². The first-order valence-electron chi connectivity index (χ1n) is 5.71. The number of aryl methyl sites for hydroxylation is 1. The van der Waals surface area contributed by atoms with E-state index in [1.165, 1.54) is 6.07 Å². The van der Waals surface area contributed by atoms with Gasteiger partial charge in [0.15, 0.2) is 6.61 Å². The molecule has 0 unspecified atom stereocenters. The maximum atomic E-state index is 11.7. The Kier molecular flexibility index (Phi) is 4.52. The second-order valence-corrected chi connectivity index (χ2v) is 4.79. The highest BCUT2D eigenvalue weighted by Gasteiger charge is 2.15. The van der Waals surface area contributed by atoms with Crippen molar-refractivity contribution in [3.8, 4) is 0 Å². The van der Waals surface area contributed by atoms with Crippen LogP contribution in [0.3, 0.4) is 0 Å². The van der Waals surface area contributed by atoms with Crippen LogP contribution in [0.25, 0.3) is 0 Å². The molecule has 1 N–H and O–H groups in total. The summed E-state index contributed by atoms with van der Waals surface area (Å²) in [5.74, 6) is -1.20. The second-order valence-electron chi connectivity index (χ2n) is 3.94. The molecule has 0 radical (unpaired) electrons. The van der Waals surface area contributed by atoms with E-state index in [-0.39, 0.29) is 5.76 Å². The summed E-state index contributed by atoms with van der Waals surface area (Å²) >= 11 is 3.30. The van der Waals surface area contributed by atoms with Gasteiger partial charge in [-0.15, -0.1) is 0 Å². The molecule has 1 aromatic heterocycles. The Morgan fingerprint density at radius 3 is 2.80 bits per heavy atom. The van der Waals surface area contributed by atoms with E-state index in [2.05, 4.69) is 26.4 Å². The number of esters is 1. The smallest absolute Gasteiger partial charge is 0.377 e. The highest BCUT2D eigenvalue weighted by atomic mass is 79.9. The fraction of sp³-hybridized carbons (Fsp3) is 0.154. The van der Waals surface area contributed by atoms with Gasteiger partial charge >= 0.3 is 5.97 Å². The Hall–Kier alpha value is -2.15. The Balaban J connectivity index is 1.87. The molecule has 2 aromatic rings. The third-order valence-corrected chi connectivity index (χ3v) is 3.00. The van der Waals surface area contributed by atoms with E-state index in [0.717, 1.165) is 4.47 Å². The standard InChI is InChI=1S/C13H11BrN2O4/c1-8-6-11(20-16-8)13(18)19-7-12(17)15-10-5-3-2-4-9(10)14/h2-6H,7H2,1H3,(H,15,17). The lowest BCUT2D eigenvalue weighted by molar-refractivity contribution is -0.119. The zero-order valence-corrected chi connectivity index (χ0v) is 12.1. The summed E-state index contributed by atoms with van der Waals surface area (Å²) < 4.78 is 10.3. The van der Waals surface area contributed by atoms with Crippen LogP contribution >= 0.6 is 15.9 Å². The van der Waals surface area contributed by atoms with E-state index in [9.17, 15) is 9.59 Å². The molecule has 0 atom stereocenters. The molecule has 0 aliphatic rings. The number of nitrogens with zero attached hydrogens (tertiary/aromatic N) is 1. The SMILES string of the molecule is Cc1cc(C(=O)OCC(=O)Nc2ccccc2Br)on1. The largest absolute Gasteiger partial charge is 0.450 e. The van der Waals surface area contributed by atoms with Gasteiger partial charge in [-0.05, 0) is 35.0 Å². The lowest BCUT2D eigenvalue weighted by atomic mass is 10.3. The van der Waals surface area contributed by atoms with Crippen LogP contribution in [0, 0.1) is 6.92 Å². The molecule has 104 valence electrons. The molecule has 0 aliphatic heterocycles. The number of carbonyl (C=O) groups excluding carboxylic acids is 2. The fourth-order valence-corrected chi connectivity index (χ4v) is 1.79. The molecule has 20 heavy (non-hydrogen) atoms. The Morgan fingerprint density at radius 1 is 1.40 bits per heavy atom. The summed E-state index contributed by atoms with van der Waals surface area (Å²) in [5.41, 5.74) is 1.17. The van der Waals surface area contributed by atoms with Gasteiger partial charge in [0.1, 0.15) is 0 Å². The van der Waals surface area contributed by atoms with E-state index in [4.69, 9.17) is 9.26 Å². The first kappa shape index (κ1) is 14.3. The summed E-state index contributed by atoms with van der Waals surface area (Å²) in [4.78, 5) is 23.2. The Labute approximate surface area is 123 Å². The molecule has 0 saturated heterocycles. The van der Waals surface area contributed by atoms with E-state index in [0.29, 0.717) is 11.4 Å². The molecular weight excluding hydrogens is 328 g/mol. The molecule has 6 nitrogen and oxygen atoms in total. The van der Waals surface area contributed by atoms with Crippen LogP contribution in [-0.4, -0.2) is 23.6 Å². The number of aromatic nitrogens is 1. The minimum absolute atomic E-state index is 0.0313. The van der Waals surface area contributed by atoms with Crippen LogP contribution in [0.1, 0.15) is 16.2 Å².